The first-order valence-corrected chi connectivity index (χ1v) is 10.6. The fourth-order valence-corrected chi connectivity index (χ4v) is 4.38. The Balaban J connectivity index is 1.51. The molecular weight excluding hydrogens is 389 g/mol. The molecule has 1 aliphatic carbocycles. The average molecular weight is 409 g/mol. The van der Waals surface area contributed by atoms with Crippen molar-refractivity contribution in [1.29, 1.82) is 4.78 Å². The molecule has 1 saturated heterocycles. The summed E-state index contributed by atoms with van der Waals surface area (Å²) in [6.07, 6.45) is 2.68. The number of hydroxylamine groups is 1. The first-order chi connectivity index (χ1) is 13.3. The molecule has 4 N–H and O–H groups in total. The number of nitrogens with one attached hydrogen (secondary N) is 3. The van der Waals surface area contributed by atoms with Crippen molar-refractivity contribution in [3.05, 3.63) is 40.8 Å². The number of halogens is 1. The number of amidine groups is 1. The minimum absolute atomic E-state index is 0.0540. The number of fused-ring (bicyclic) bond motifs is 1. The Labute approximate surface area is 160 Å². The van der Waals surface area contributed by atoms with Crippen LogP contribution < -0.4 is 10.8 Å². The molecule has 1 fully saturated rings. The van der Waals surface area contributed by atoms with Gasteiger partial charge < -0.3 is 5.32 Å². The first kappa shape index (κ1) is 18.8. The van der Waals surface area contributed by atoms with Gasteiger partial charge in [0.1, 0.15) is 15.7 Å². The Bertz CT molecular complexity index is 1020. The van der Waals surface area contributed by atoms with Gasteiger partial charge in [-0.25, -0.2) is 22.3 Å². The minimum atomic E-state index is -2.76. The lowest BCUT2D eigenvalue weighted by molar-refractivity contribution is 0.232. The van der Waals surface area contributed by atoms with Crippen molar-refractivity contribution in [2.75, 3.05) is 24.7 Å². The van der Waals surface area contributed by atoms with Gasteiger partial charge in [-0.1, -0.05) is 6.07 Å². The van der Waals surface area contributed by atoms with Crippen LogP contribution in [0.1, 0.15) is 29.3 Å². The largest absolute Gasteiger partial charge is 0.361 e. The summed E-state index contributed by atoms with van der Waals surface area (Å²) in [7, 11) is -2.76. The number of anilines is 1. The number of hydrogen-bond acceptors (Lipinski definition) is 8. The highest BCUT2D eigenvalue weighted by molar-refractivity contribution is 7.89. The molecule has 2 unspecified atom stereocenters. The summed E-state index contributed by atoms with van der Waals surface area (Å²) in [4.78, 5) is 4.41. The highest BCUT2D eigenvalue weighted by Crippen LogP contribution is 2.37. The SMILES string of the molecule is CS(=N)(=O)N1CCC(Nc2nonc2C(=N[C@H]2Cc3ccc(F)cc32)NO)C1. The summed E-state index contributed by atoms with van der Waals surface area (Å²) < 4.78 is 39.4. The van der Waals surface area contributed by atoms with Gasteiger partial charge in [-0.3, -0.25) is 15.7 Å². The lowest BCUT2D eigenvalue weighted by Crippen LogP contribution is -2.31. The number of aromatic nitrogens is 2. The summed E-state index contributed by atoms with van der Waals surface area (Å²) in [5.41, 5.74) is 3.97. The normalized spacial score (nSPS) is 24.3. The van der Waals surface area contributed by atoms with Gasteiger partial charge in [0.2, 0.25) is 5.82 Å². The van der Waals surface area contributed by atoms with E-state index in [4.69, 9.17) is 9.41 Å². The van der Waals surface area contributed by atoms with Crippen molar-refractivity contribution in [2.45, 2.75) is 24.9 Å². The molecule has 4 rings (SSSR count). The van der Waals surface area contributed by atoms with Crippen LogP contribution in [0.3, 0.4) is 0 Å². The molecule has 0 amide bonds. The van der Waals surface area contributed by atoms with E-state index >= 15 is 0 Å². The third-order valence-corrected chi connectivity index (χ3v) is 6.29. The average Bonchev–Trinajstić information content (AvgIpc) is 3.28. The van der Waals surface area contributed by atoms with Crippen LogP contribution in [0.4, 0.5) is 10.2 Å². The topological polar surface area (TPSA) is 140 Å². The third kappa shape index (κ3) is 3.57. The minimum Gasteiger partial charge on any atom is -0.361 e. The zero-order valence-electron chi connectivity index (χ0n) is 15.1. The maximum Gasteiger partial charge on any atom is 0.202 e. The van der Waals surface area contributed by atoms with Gasteiger partial charge in [-0.15, -0.1) is 0 Å². The van der Waals surface area contributed by atoms with Gasteiger partial charge in [0.25, 0.3) is 0 Å². The van der Waals surface area contributed by atoms with Crippen molar-refractivity contribution in [3.8, 4) is 0 Å². The van der Waals surface area contributed by atoms with E-state index in [2.05, 4.69) is 20.6 Å². The summed E-state index contributed by atoms with van der Waals surface area (Å²) >= 11 is 0. The van der Waals surface area contributed by atoms with E-state index < -0.39 is 9.92 Å². The van der Waals surface area contributed by atoms with E-state index in [-0.39, 0.29) is 35.2 Å². The fourth-order valence-electron chi connectivity index (χ4n) is 3.46. The molecule has 2 aliphatic rings. The van der Waals surface area contributed by atoms with Gasteiger partial charge in [0.05, 0.1) is 6.04 Å². The zero-order valence-corrected chi connectivity index (χ0v) is 15.9. The smallest absolute Gasteiger partial charge is 0.202 e. The molecule has 1 aromatic heterocycles. The van der Waals surface area contributed by atoms with Gasteiger partial charge in [0.15, 0.2) is 11.5 Å². The maximum absolute atomic E-state index is 13.5. The van der Waals surface area contributed by atoms with Crippen LogP contribution in [0.25, 0.3) is 0 Å². The lowest BCUT2D eigenvalue weighted by Gasteiger charge is -2.27. The van der Waals surface area contributed by atoms with E-state index in [0.29, 0.717) is 25.9 Å². The van der Waals surface area contributed by atoms with Crippen LogP contribution in [-0.2, 0) is 16.3 Å². The maximum atomic E-state index is 13.5. The monoisotopic (exact) mass is 409 g/mol. The predicted molar refractivity (Wildman–Crippen MR) is 99.0 cm³/mol. The molecule has 0 bridgehead atoms. The molecule has 3 atom stereocenters. The Hall–Kier alpha value is -2.57. The number of nitrogens with zero attached hydrogens (tertiary/aromatic N) is 4. The Morgan fingerprint density at radius 2 is 2.32 bits per heavy atom. The van der Waals surface area contributed by atoms with Crippen LogP contribution in [0.15, 0.2) is 27.8 Å². The van der Waals surface area contributed by atoms with E-state index in [0.717, 1.165) is 11.1 Å². The highest BCUT2D eigenvalue weighted by atomic mass is 32.2. The predicted octanol–water partition coefficient (Wildman–Crippen LogP) is 1.31. The molecule has 0 radical (unpaired) electrons. The number of benzene rings is 1. The van der Waals surface area contributed by atoms with Crippen molar-refractivity contribution in [1.82, 2.24) is 20.1 Å². The molecule has 2 heterocycles. The molecule has 1 aliphatic heterocycles. The van der Waals surface area contributed by atoms with Crippen molar-refractivity contribution >= 4 is 21.6 Å². The fraction of sp³-hybridized carbons (Fsp3) is 0.438. The van der Waals surface area contributed by atoms with E-state index in [1.165, 1.54) is 18.4 Å². The van der Waals surface area contributed by atoms with Crippen molar-refractivity contribution < 1.29 is 18.4 Å². The molecule has 2 aromatic rings. The lowest BCUT2D eigenvalue weighted by atomic mass is 9.83. The quantitative estimate of drug-likeness (QED) is 0.332. The van der Waals surface area contributed by atoms with Gasteiger partial charge in [0, 0.05) is 25.4 Å². The van der Waals surface area contributed by atoms with E-state index in [1.54, 1.807) is 10.4 Å². The summed E-state index contributed by atoms with van der Waals surface area (Å²) in [6.45, 7) is 0.945. The summed E-state index contributed by atoms with van der Waals surface area (Å²) in [6, 6.07) is 4.15. The molecule has 10 nitrogen and oxygen atoms in total. The first-order valence-electron chi connectivity index (χ1n) is 8.69. The number of rotatable bonds is 5. The van der Waals surface area contributed by atoms with E-state index in [1.807, 2.05) is 5.48 Å². The van der Waals surface area contributed by atoms with E-state index in [9.17, 15) is 13.8 Å². The van der Waals surface area contributed by atoms with Crippen LogP contribution in [-0.4, -0.2) is 55.3 Å². The number of aliphatic imine (C=N–C) groups is 1. The second kappa shape index (κ2) is 7.11. The van der Waals surface area contributed by atoms with Crippen LogP contribution in [0.2, 0.25) is 0 Å². The molecule has 0 saturated carbocycles. The third-order valence-electron chi connectivity index (χ3n) is 4.97. The Kier molecular flexibility index (Phi) is 4.77. The number of hydrogen-bond donors (Lipinski definition) is 4. The molecule has 1 aromatic carbocycles. The van der Waals surface area contributed by atoms with Gasteiger partial charge in [-0.2, -0.15) is 0 Å². The van der Waals surface area contributed by atoms with Crippen LogP contribution in [0.5, 0.6) is 0 Å². The molecular formula is C16H20FN7O3S. The van der Waals surface area contributed by atoms with Crippen LogP contribution in [0, 0.1) is 10.6 Å². The van der Waals surface area contributed by atoms with Crippen molar-refractivity contribution in [2.24, 2.45) is 4.99 Å². The molecule has 28 heavy (non-hydrogen) atoms. The van der Waals surface area contributed by atoms with Crippen LogP contribution >= 0.6 is 0 Å². The Morgan fingerprint density at radius 3 is 3.04 bits per heavy atom. The highest BCUT2D eigenvalue weighted by Gasteiger charge is 2.31. The molecule has 150 valence electrons. The molecule has 0 spiro atoms. The summed E-state index contributed by atoms with van der Waals surface area (Å²) in [5, 5.41) is 20.3. The second-order valence-corrected chi connectivity index (χ2v) is 9.06. The zero-order chi connectivity index (χ0) is 19.9. The van der Waals surface area contributed by atoms with Crippen molar-refractivity contribution in [3.63, 3.8) is 0 Å². The second-order valence-electron chi connectivity index (χ2n) is 6.93. The standard InChI is InChI=1S/C16H20FN7O3S/c1-28(18,26)24-5-4-11(8-24)19-16-14(22-27-23-16)15(21-25)20-13-6-9-2-3-10(17)7-12(9)13/h2-3,7,11,13,18,25H,4-6,8H2,1H3,(H,19,23)(H,20,21)/t11?,13-,28?/m0/s1. The van der Waals surface area contributed by atoms with Gasteiger partial charge >= 0.3 is 0 Å². The summed E-state index contributed by atoms with van der Waals surface area (Å²) in [5.74, 6) is -0.00730. The molecule has 12 heteroatoms. The Morgan fingerprint density at radius 1 is 1.50 bits per heavy atom. The van der Waals surface area contributed by atoms with Gasteiger partial charge in [-0.05, 0) is 46.4 Å².